The lowest BCUT2D eigenvalue weighted by Gasteiger charge is -2.27. The number of ether oxygens (including phenoxy) is 3. The Morgan fingerprint density at radius 2 is 2.04 bits per heavy atom. The first-order valence-corrected chi connectivity index (χ1v) is 7.79. The number of hydrogen-bond acceptors (Lipinski definition) is 5. The molecule has 2 amide bonds. The highest BCUT2D eigenvalue weighted by molar-refractivity contribution is 5.74. The summed E-state index contributed by atoms with van der Waals surface area (Å²) in [5.74, 6) is 1.27. The van der Waals surface area contributed by atoms with Gasteiger partial charge in [-0.1, -0.05) is 6.07 Å². The molecule has 3 rings (SSSR count). The van der Waals surface area contributed by atoms with E-state index in [9.17, 15) is 9.90 Å². The van der Waals surface area contributed by atoms with E-state index in [2.05, 4.69) is 10.6 Å². The summed E-state index contributed by atoms with van der Waals surface area (Å²) in [6.07, 6.45) is 1.62. The number of rotatable bonds is 4. The second kappa shape index (κ2) is 6.64. The van der Waals surface area contributed by atoms with Gasteiger partial charge in [0.25, 0.3) is 0 Å². The lowest BCUT2D eigenvalue weighted by molar-refractivity contribution is 0.0577. The summed E-state index contributed by atoms with van der Waals surface area (Å²) in [6, 6.07) is 5.11. The van der Waals surface area contributed by atoms with Crippen molar-refractivity contribution < 1.29 is 24.1 Å². The first kappa shape index (κ1) is 15.9. The number of urea groups is 1. The Labute approximate surface area is 134 Å². The predicted octanol–water partition coefficient (Wildman–Crippen LogP) is 1.10. The van der Waals surface area contributed by atoms with Crippen LogP contribution in [0.2, 0.25) is 0 Å². The molecule has 0 bridgehead atoms. The molecular weight excluding hydrogens is 300 g/mol. The van der Waals surface area contributed by atoms with Crippen LogP contribution >= 0.6 is 0 Å². The van der Waals surface area contributed by atoms with Gasteiger partial charge in [0.1, 0.15) is 5.60 Å². The second-order valence-electron chi connectivity index (χ2n) is 6.06. The fourth-order valence-electron chi connectivity index (χ4n) is 2.66. The van der Waals surface area contributed by atoms with Crippen molar-refractivity contribution in [3.63, 3.8) is 0 Å². The summed E-state index contributed by atoms with van der Waals surface area (Å²) in [7, 11) is 0. The molecule has 0 aromatic heterocycles. The molecular formula is C16H22N2O5. The third-order valence-electron chi connectivity index (χ3n) is 4.14. The molecule has 2 aliphatic heterocycles. The van der Waals surface area contributed by atoms with Gasteiger partial charge in [0.15, 0.2) is 11.5 Å². The first-order valence-electron chi connectivity index (χ1n) is 7.79. The Morgan fingerprint density at radius 3 is 2.83 bits per heavy atom. The molecule has 1 atom stereocenters. The molecule has 1 fully saturated rings. The normalized spacial score (nSPS) is 19.9. The van der Waals surface area contributed by atoms with Crippen LogP contribution in [-0.4, -0.2) is 43.7 Å². The van der Waals surface area contributed by atoms with E-state index in [0.717, 1.165) is 12.8 Å². The van der Waals surface area contributed by atoms with E-state index in [-0.39, 0.29) is 25.4 Å². The van der Waals surface area contributed by atoms with Crippen LogP contribution < -0.4 is 20.1 Å². The minimum atomic E-state index is -1.20. The second-order valence-corrected chi connectivity index (χ2v) is 6.06. The Morgan fingerprint density at radius 1 is 1.30 bits per heavy atom. The van der Waals surface area contributed by atoms with Gasteiger partial charge in [-0.05, 0) is 37.5 Å². The van der Waals surface area contributed by atoms with Crippen molar-refractivity contribution >= 4 is 6.03 Å². The molecule has 2 heterocycles. The molecule has 0 saturated carbocycles. The molecule has 0 spiro atoms. The van der Waals surface area contributed by atoms with Gasteiger partial charge in [-0.25, -0.2) is 4.79 Å². The Balaban J connectivity index is 1.54. The fraction of sp³-hybridized carbons (Fsp3) is 0.562. The van der Waals surface area contributed by atoms with E-state index in [1.807, 2.05) is 0 Å². The van der Waals surface area contributed by atoms with Gasteiger partial charge in [0.05, 0.1) is 6.54 Å². The van der Waals surface area contributed by atoms with Crippen LogP contribution in [0.5, 0.6) is 11.5 Å². The van der Waals surface area contributed by atoms with Gasteiger partial charge in [0, 0.05) is 19.3 Å². The van der Waals surface area contributed by atoms with Gasteiger partial charge >= 0.3 is 6.03 Å². The highest BCUT2D eigenvalue weighted by Crippen LogP contribution is 2.35. The van der Waals surface area contributed by atoms with Crippen molar-refractivity contribution in [2.75, 3.05) is 26.6 Å². The Kier molecular flexibility index (Phi) is 4.58. The SMILES string of the molecule is CC(O)(CNC(=O)NC1CCOCC1)c1ccc2c(c1)OCO2. The number of carbonyl (C=O) groups excluding carboxylic acids is 1. The highest BCUT2D eigenvalue weighted by atomic mass is 16.7. The molecule has 1 aromatic rings. The third-order valence-corrected chi connectivity index (χ3v) is 4.14. The average molecular weight is 322 g/mol. The molecule has 0 radical (unpaired) electrons. The third kappa shape index (κ3) is 3.86. The number of amides is 2. The van der Waals surface area contributed by atoms with E-state index in [1.165, 1.54) is 0 Å². The maximum atomic E-state index is 12.0. The van der Waals surface area contributed by atoms with Crippen LogP contribution in [0, 0.1) is 0 Å². The zero-order valence-electron chi connectivity index (χ0n) is 13.1. The summed E-state index contributed by atoms with van der Waals surface area (Å²) < 4.78 is 15.8. The molecule has 7 nitrogen and oxygen atoms in total. The topological polar surface area (TPSA) is 89.1 Å². The molecule has 1 unspecified atom stereocenters. The van der Waals surface area contributed by atoms with E-state index in [1.54, 1.807) is 25.1 Å². The van der Waals surface area contributed by atoms with Crippen LogP contribution in [0.15, 0.2) is 18.2 Å². The number of nitrogens with one attached hydrogen (secondary N) is 2. The summed E-state index contributed by atoms with van der Waals surface area (Å²) in [4.78, 5) is 12.0. The standard InChI is InChI=1S/C16H22N2O5/c1-16(20,11-2-3-13-14(8-11)23-10-22-13)9-17-15(19)18-12-4-6-21-7-5-12/h2-3,8,12,20H,4-7,9-10H2,1H3,(H2,17,18,19). The van der Waals surface area contributed by atoms with Crippen molar-refractivity contribution in [3.8, 4) is 11.5 Å². The number of hydrogen-bond donors (Lipinski definition) is 3. The molecule has 7 heteroatoms. The van der Waals surface area contributed by atoms with Crippen molar-refractivity contribution in [1.29, 1.82) is 0 Å². The molecule has 1 aromatic carbocycles. The zero-order chi connectivity index (χ0) is 16.3. The zero-order valence-corrected chi connectivity index (χ0v) is 13.1. The van der Waals surface area contributed by atoms with E-state index in [0.29, 0.717) is 30.3 Å². The number of aliphatic hydroxyl groups is 1. The van der Waals surface area contributed by atoms with Crippen LogP contribution in [0.1, 0.15) is 25.3 Å². The van der Waals surface area contributed by atoms with Crippen LogP contribution in [0.3, 0.4) is 0 Å². The largest absolute Gasteiger partial charge is 0.454 e. The predicted molar refractivity (Wildman–Crippen MR) is 82.5 cm³/mol. The van der Waals surface area contributed by atoms with Gasteiger partial charge in [-0.2, -0.15) is 0 Å². The van der Waals surface area contributed by atoms with Gasteiger partial charge in [-0.15, -0.1) is 0 Å². The lowest BCUT2D eigenvalue weighted by atomic mass is 9.95. The molecule has 126 valence electrons. The molecule has 23 heavy (non-hydrogen) atoms. The van der Waals surface area contributed by atoms with E-state index >= 15 is 0 Å². The minimum Gasteiger partial charge on any atom is -0.454 e. The Bertz CT molecular complexity index is 570. The molecule has 0 aliphatic carbocycles. The van der Waals surface area contributed by atoms with Gasteiger partial charge in [0.2, 0.25) is 6.79 Å². The van der Waals surface area contributed by atoms with Gasteiger partial charge in [-0.3, -0.25) is 0 Å². The quantitative estimate of drug-likeness (QED) is 0.772. The monoisotopic (exact) mass is 322 g/mol. The number of fused-ring (bicyclic) bond motifs is 1. The highest BCUT2D eigenvalue weighted by Gasteiger charge is 2.27. The van der Waals surface area contributed by atoms with Crippen LogP contribution in [0.25, 0.3) is 0 Å². The van der Waals surface area contributed by atoms with Crippen LogP contribution in [0.4, 0.5) is 4.79 Å². The summed E-state index contributed by atoms with van der Waals surface area (Å²) in [6.45, 7) is 3.27. The van der Waals surface area contributed by atoms with Crippen molar-refractivity contribution in [1.82, 2.24) is 10.6 Å². The number of carbonyl (C=O) groups is 1. The van der Waals surface area contributed by atoms with Crippen molar-refractivity contribution in [3.05, 3.63) is 23.8 Å². The molecule has 3 N–H and O–H groups in total. The summed E-state index contributed by atoms with van der Waals surface area (Å²) in [5, 5.41) is 16.2. The molecule has 2 aliphatic rings. The first-order chi connectivity index (χ1) is 11.0. The maximum Gasteiger partial charge on any atom is 0.315 e. The van der Waals surface area contributed by atoms with Crippen LogP contribution in [-0.2, 0) is 10.3 Å². The Hall–Kier alpha value is -1.99. The number of benzene rings is 1. The van der Waals surface area contributed by atoms with Gasteiger partial charge < -0.3 is 30.0 Å². The smallest absolute Gasteiger partial charge is 0.315 e. The van der Waals surface area contributed by atoms with Crippen molar-refractivity contribution in [2.45, 2.75) is 31.4 Å². The van der Waals surface area contributed by atoms with E-state index in [4.69, 9.17) is 14.2 Å². The minimum absolute atomic E-state index is 0.0989. The van der Waals surface area contributed by atoms with E-state index < -0.39 is 5.60 Å². The lowest BCUT2D eigenvalue weighted by Crippen LogP contribution is -2.48. The van der Waals surface area contributed by atoms with Crippen molar-refractivity contribution in [2.24, 2.45) is 0 Å². The average Bonchev–Trinajstić information content (AvgIpc) is 3.02. The maximum absolute atomic E-state index is 12.0. The summed E-state index contributed by atoms with van der Waals surface area (Å²) >= 11 is 0. The summed E-state index contributed by atoms with van der Waals surface area (Å²) in [5.41, 5.74) is -0.540. The molecule has 1 saturated heterocycles. The fourth-order valence-corrected chi connectivity index (χ4v) is 2.66.